The average molecular weight is 286 g/mol. The van der Waals surface area contributed by atoms with Gasteiger partial charge in [-0.25, -0.2) is 9.48 Å². The molecule has 1 aliphatic rings. The first-order chi connectivity index (χ1) is 10.2. The van der Waals surface area contributed by atoms with E-state index < -0.39 is 0 Å². The number of carbonyl (C=O) groups is 1. The molecule has 1 saturated carbocycles. The van der Waals surface area contributed by atoms with E-state index in [1.807, 2.05) is 16.8 Å². The maximum atomic E-state index is 11.7. The van der Waals surface area contributed by atoms with Crippen LogP contribution in [0.1, 0.15) is 47.4 Å². The van der Waals surface area contributed by atoms with E-state index in [1.54, 1.807) is 19.1 Å². The SMILES string of the molecule is CCOC(=O)c1ccc(-n2nnc(CN)c2C2CC2)cc1. The van der Waals surface area contributed by atoms with Crippen molar-refractivity contribution in [1.82, 2.24) is 15.0 Å². The first kappa shape index (κ1) is 13.8. The lowest BCUT2D eigenvalue weighted by Crippen LogP contribution is -2.07. The zero-order chi connectivity index (χ0) is 14.8. The molecule has 2 aromatic rings. The Morgan fingerprint density at radius 1 is 1.38 bits per heavy atom. The van der Waals surface area contributed by atoms with Crippen LogP contribution in [0.2, 0.25) is 0 Å². The lowest BCUT2D eigenvalue weighted by molar-refractivity contribution is 0.0526. The Bertz CT molecular complexity index is 644. The standard InChI is InChI=1S/C15H18N4O2/c1-2-21-15(20)11-5-7-12(8-6-11)19-14(10-3-4-10)13(9-16)17-18-19/h5-8,10H,2-4,9,16H2,1H3. The summed E-state index contributed by atoms with van der Waals surface area (Å²) in [6, 6.07) is 7.20. The predicted molar refractivity (Wildman–Crippen MR) is 77.2 cm³/mol. The van der Waals surface area contributed by atoms with Crippen LogP contribution in [-0.4, -0.2) is 27.6 Å². The van der Waals surface area contributed by atoms with Crippen molar-refractivity contribution in [2.24, 2.45) is 5.73 Å². The molecule has 0 bridgehead atoms. The Kier molecular flexibility index (Phi) is 3.70. The van der Waals surface area contributed by atoms with Crippen LogP contribution in [-0.2, 0) is 11.3 Å². The molecule has 3 rings (SSSR count). The minimum absolute atomic E-state index is 0.312. The van der Waals surface area contributed by atoms with E-state index in [2.05, 4.69) is 10.3 Å². The van der Waals surface area contributed by atoms with Gasteiger partial charge in [-0.05, 0) is 44.0 Å². The highest BCUT2D eigenvalue weighted by Crippen LogP contribution is 2.41. The lowest BCUT2D eigenvalue weighted by Gasteiger charge is -2.07. The number of nitrogens with zero attached hydrogens (tertiary/aromatic N) is 3. The van der Waals surface area contributed by atoms with Gasteiger partial charge in [0.1, 0.15) is 5.69 Å². The van der Waals surface area contributed by atoms with E-state index in [9.17, 15) is 4.79 Å². The third-order valence-corrected chi connectivity index (χ3v) is 3.56. The van der Waals surface area contributed by atoms with Crippen molar-refractivity contribution in [3.63, 3.8) is 0 Å². The molecule has 0 atom stereocenters. The number of benzene rings is 1. The summed E-state index contributed by atoms with van der Waals surface area (Å²) >= 11 is 0. The van der Waals surface area contributed by atoms with Gasteiger partial charge in [-0.2, -0.15) is 0 Å². The number of aromatic nitrogens is 3. The molecule has 0 radical (unpaired) electrons. The third kappa shape index (κ3) is 2.67. The Morgan fingerprint density at radius 3 is 2.67 bits per heavy atom. The number of ether oxygens (including phenoxy) is 1. The number of rotatable bonds is 5. The van der Waals surface area contributed by atoms with Crippen LogP contribution in [0.3, 0.4) is 0 Å². The number of nitrogens with two attached hydrogens (primary N) is 1. The fourth-order valence-corrected chi connectivity index (χ4v) is 2.37. The van der Waals surface area contributed by atoms with Crippen LogP contribution in [0.5, 0.6) is 0 Å². The molecule has 1 aromatic carbocycles. The fraction of sp³-hybridized carbons (Fsp3) is 0.400. The lowest BCUT2D eigenvalue weighted by atomic mass is 10.2. The molecule has 1 fully saturated rings. The van der Waals surface area contributed by atoms with Crippen molar-refractivity contribution >= 4 is 5.97 Å². The quantitative estimate of drug-likeness (QED) is 0.847. The van der Waals surface area contributed by atoms with Crippen LogP contribution < -0.4 is 5.73 Å². The molecule has 0 amide bonds. The second-order valence-corrected chi connectivity index (χ2v) is 5.08. The van der Waals surface area contributed by atoms with Gasteiger partial charge in [0.15, 0.2) is 0 Å². The van der Waals surface area contributed by atoms with E-state index in [0.29, 0.717) is 24.6 Å². The maximum Gasteiger partial charge on any atom is 0.338 e. The molecule has 1 aromatic heterocycles. The Morgan fingerprint density at radius 2 is 2.10 bits per heavy atom. The second kappa shape index (κ2) is 5.65. The predicted octanol–water partition coefficient (Wildman–Crippen LogP) is 1.78. The van der Waals surface area contributed by atoms with E-state index >= 15 is 0 Å². The zero-order valence-electron chi connectivity index (χ0n) is 12.0. The number of hydrogen-bond acceptors (Lipinski definition) is 5. The first-order valence-electron chi connectivity index (χ1n) is 7.16. The summed E-state index contributed by atoms with van der Waals surface area (Å²) in [4.78, 5) is 11.7. The summed E-state index contributed by atoms with van der Waals surface area (Å²) in [5, 5.41) is 8.36. The smallest absolute Gasteiger partial charge is 0.338 e. The van der Waals surface area contributed by atoms with Gasteiger partial charge in [-0.15, -0.1) is 5.10 Å². The molecule has 1 heterocycles. The maximum absolute atomic E-state index is 11.7. The number of carbonyl (C=O) groups excluding carboxylic acids is 1. The van der Waals surface area contributed by atoms with E-state index in [1.165, 1.54) is 0 Å². The van der Waals surface area contributed by atoms with Gasteiger partial charge in [0.25, 0.3) is 0 Å². The molecular weight excluding hydrogens is 268 g/mol. The van der Waals surface area contributed by atoms with Gasteiger partial charge in [0, 0.05) is 12.5 Å². The Balaban J connectivity index is 1.91. The van der Waals surface area contributed by atoms with Gasteiger partial charge in [-0.1, -0.05) is 5.21 Å². The molecule has 0 aliphatic heterocycles. The van der Waals surface area contributed by atoms with Gasteiger partial charge in [0.05, 0.1) is 23.6 Å². The monoisotopic (exact) mass is 286 g/mol. The Hall–Kier alpha value is -2.21. The van der Waals surface area contributed by atoms with Crippen molar-refractivity contribution in [2.45, 2.75) is 32.2 Å². The molecule has 110 valence electrons. The highest BCUT2D eigenvalue weighted by atomic mass is 16.5. The molecule has 0 saturated heterocycles. The molecule has 0 unspecified atom stereocenters. The summed E-state index contributed by atoms with van der Waals surface area (Å²) in [7, 11) is 0. The molecular formula is C15H18N4O2. The summed E-state index contributed by atoms with van der Waals surface area (Å²) in [5.74, 6) is 0.191. The molecule has 6 nitrogen and oxygen atoms in total. The van der Waals surface area contributed by atoms with Crippen molar-refractivity contribution in [3.05, 3.63) is 41.2 Å². The molecule has 0 spiro atoms. The highest BCUT2D eigenvalue weighted by Gasteiger charge is 2.31. The topological polar surface area (TPSA) is 83.0 Å². The average Bonchev–Trinajstić information content (AvgIpc) is 3.26. The second-order valence-electron chi connectivity index (χ2n) is 5.08. The van der Waals surface area contributed by atoms with Crippen LogP contribution in [0.15, 0.2) is 24.3 Å². The molecule has 21 heavy (non-hydrogen) atoms. The minimum Gasteiger partial charge on any atom is -0.462 e. The fourth-order valence-electron chi connectivity index (χ4n) is 2.37. The van der Waals surface area contributed by atoms with Gasteiger partial charge in [-0.3, -0.25) is 0 Å². The van der Waals surface area contributed by atoms with Crippen molar-refractivity contribution in [3.8, 4) is 5.69 Å². The normalized spacial score (nSPS) is 14.2. The molecule has 2 N–H and O–H groups in total. The van der Waals surface area contributed by atoms with Gasteiger partial charge < -0.3 is 10.5 Å². The first-order valence-corrected chi connectivity index (χ1v) is 7.16. The number of esters is 1. The van der Waals surface area contributed by atoms with Crippen LogP contribution in [0.4, 0.5) is 0 Å². The van der Waals surface area contributed by atoms with Crippen LogP contribution in [0, 0.1) is 0 Å². The summed E-state index contributed by atoms with van der Waals surface area (Å²) in [5.41, 5.74) is 9.10. The summed E-state index contributed by atoms with van der Waals surface area (Å²) < 4.78 is 6.80. The largest absolute Gasteiger partial charge is 0.462 e. The van der Waals surface area contributed by atoms with Crippen molar-refractivity contribution < 1.29 is 9.53 Å². The highest BCUT2D eigenvalue weighted by molar-refractivity contribution is 5.89. The van der Waals surface area contributed by atoms with Crippen molar-refractivity contribution in [2.75, 3.05) is 6.61 Å². The van der Waals surface area contributed by atoms with Crippen LogP contribution in [0.25, 0.3) is 5.69 Å². The van der Waals surface area contributed by atoms with E-state index in [-0.39, 0.29) is 5.97 Å². The third-order valence-electron chi connectivity index (χ3n) is 3.56. The van der Waals surface area contributed by atoms with E-state index in [4.69, 9.17) is 10.5 Å². The molecule has 1 aliphatic carbocycles. The van der Waals surface area contributed by atoms with Gasteiger partial charge in [0.2, 0.25) is 0 Å². The summed E-state index contributed by atoms with van der Waals surface area (Å²) in [6.45, 7) is 2.56. The van der Waals surface area contributed by atoms with E-state index in [0.717, 1.165) is 29.9 Å². The molecule has 6 heteroatoms. The number of hydrogen-bond donors (Lipinski definition) is 1. The zero-order valence-corrected chi connectivity index (χ0v) is 12.0. The Labute approximate surface area is 122 Å². The van der Waals surface area contributed by atoms with Crippen molar-refractivity contribution in [1.29, 1.82) is 0 Å². The van der Waals surface area contributed by atoms with Gasteiger partial charge >= 0.3 is 5.97 Å². The van der Waals surface area contributed by atoms with Crippen LogP contribution >= 0.6 is 0 Å². The summed E-state index contributed by atoms with van der Waals surface area (Å²) in [6.07, 6.45) is 2.31. The minimum atomic E-state index is -0.312.